The first kappa shape index (κ1) is 14.5. The van der Waals surface area contributed by atoms with Crippen molar-refractivity contribution < 1.29 is 4.74 Å². The van der Waals surface area contributed by atoms with Gasteiger partial charge < -0.3 is 15.4 Å². The number of benzene rings is 1. The lowest BCUT2D eigenvalue weighted by molar-refractivity contribution is 0.440. The van der Waals surface area contributed by atoms with E-state index in [4.69, 9.17) is 15.7 Å². The number of rotatable bonds is 5. The van der Waals surface area contributed by atoms with Crippen LogP contribution in [0.15, 0.2) is 24.3 Å². The van der Waals surface area contributed by atoms with Gasteiger partial charge in [0.2, 0.25) is 11.9 Å². The van der Waals surface area contributed by atoms with Crippen LogP contribution < -0.4 is 15.4 Å². The van der Waals surface area contributed by atoms with Crippen LogP contribution in [0.2, 0.25) is 0 Å². The molecule has 21 heavy (non-hydrogen) atoms. The molecule has 7 heteroatoms. The molecule has 0 fully saturated rings. The van der Waals surface area contributed by atoms with Crippen LogP contribution in [0, 0.1) is 11.3 Å². The summed E-state index contributed by atoms with van der Waals surface area (Å²) < 4.78 is 5.56. The second kappa shape index (κ2) is 6.52. The number of nitriles is 1. The van der Waals surface area contributed by atoms with Gasteiger partial charge in [0.05, 0.1) is 11.6 Å². The molecule has 2 N–H and O–H groups in total. The molecular weight excluding hydrogens is 268 g/mol. The number of hydrogen-bond donors (Lipinski definition) is 1. The molecule has 7 nitrogen and oxygen atoms in total. The van der Waals surface area contributed by atoms with Crippen LogP contribution in [-0.2, 0) is 0 Å². The van der Waals surface area contributed by atoms with E-state index in [-0.39, 0.29) is 12.0 Å². The fourth-order valence-corrected chi connectivity index (χ4v) is 1.76. The zero-order valence-electron chi connectivity index (χ0n) is 11.9. The van der Waals surface area contributed by atoms with Gasteiger partial charge in [-0.05, 0) is 38.1 Å². The molecule has 2 rings (SSSR count). The Balaban J connectivity index is 2.25. The van der Waals surface area contributed by atoms with Gasteiger partial charge in [0.15, 0.2) is 0 Å². The maximum atomic E-state index is 8.76. The van der Waals surface area contributed by atoms with Gasteiger partial charge in [-0.3, -0.25) is 0 Å². The summed E-state index contributed by atoms with van der Waals surface area (Å²) in [6, 6.07) is 8.84. The van der Waals surface area contributed by atoms with Gasteiger partial charge >= 0.3 is 6.01 Å². The first-order valence-corrected chi connectivity index (χ1v) is 6.60. The Kier molecular flexibility index (Phi) is 4.51. The van der Waals surface area contributed by atoms with Gasteiger partial charge in [0.1, 0.15) is 5.75 Å². The summed E-state index contributed by atoms with van der Waals surface area (Å²) in [4.78, 5) is 14.3. The fourth-order valence-electron chi connectivity index (χ4n) is 1.76. The molecule has 108 valence electrons. The molecule has 0 spiro atoms. The summed E-state index contributed by atoms with van der Waals surface area (Å²) in [5, 5.41) is 8.76. The predicted molar refractivity (Wildman–Crippen MR) is 79.0 cm³/mol. The van der Waals surface area contributed by atoms with E-state index in [0.29, 0.717) is 17.3 Å². The van der Waals surface area contributed by atoms with E-state index in [1.165, 1.54) is 0 Å². The second-order valence-corrected chi connectivity index (χ2v) is 4.19. The summed E-state index contributed by atoms with van der Waals surface area (Å²) in [7, 11) is 0. The van der Waals surface area contributed by atoms with E-state index in [0.717, 1.165) is 13.1 Å². The van der Waals surface area contributed by atoms with Crippen LogP contribution in [0.25, 0.3) is 0 Å². The predicted octanol–water partition coefficient (Wildman–Crippen LogP) is 1.96. The molecule has 0 radical (unpaired) electrons. The van der Waals surface area contributed by atoms with Crippen molar-refractivity contribution in [3.63, 3.8) is 0 Å². The number of nitrogen functional groups attached to an aromatic ring is 1. The van der Waals surface area contributed by atoms with E-state index in [1.54, 1.807) is 24.3 Å². The van der Waals surface area contributed by atoms with Crippen molar-refractivity contribution in [2.45, 2.75) is 13.8 Å². The van der Waals surface area contributed by atoms with Crippen LogP contribution in [0.4, 0.5) is 11.9 Å². The van der Waals surface area contributed by atoms with Gasteiger partial charge in [0, 0.05) is 13.1 Å². The lowest BCUT2D eigenvalue weighted by atomic mass is 10.2. The summed E-state index contributed by atoms with van der Waals surface area (Å²) in [5.41, 5.74) is 6.25. The van der Waals surface area contributed by atoms with Crippen LogP contribution in [0.1, 0.15) is 19.4 Å². The fraction of sp³-hybridized carbons (Fsp3) is 0.286. The smallest absolute Gasteiger partial charge is 0.328 e. The number of nitrogens with two attached hydrogens (primary N) is 1. The highest BCUT2D eigenvalue weighted by atomic mass is 16.5. The molecule has 0 saturated carbocycles. The van der Waals surface area contributed by atoms with Crippen LogP contribution >= 0.6 is 0 Å². The molecule has 2 aromatic rings. The third-order valence-corrected chi connectivity index (χ3v) is 2.86. The van der Waals surface area contributed by atoms with Gasteiger partial charge in [0.25, 0.3) is 0 Å². The minimum atomic E-state index is 0.107. The van der Waals surface area contributed by atoms with Crippen molar-refractivity contribution in [1.82, 2.24) is 15.0 Å². The van der Waals surface area contributed by atoms with E-state index >= 15 is 0 Å². The number of anilines is 2. The molecular formula is C14H16N6O. The summed E-state index contributed by atoms with van der Waals surface area (Å²) in [5.74, 6) is 1.12. The molecule has 0 aliphatic carbocycles. The molecule has 1 aromatic heterocycles. The molecule has 1 aromatic carbocycles. The number of nitrogens with zero attached hydrogens (tertiary/aromatic N) is 5. The first-order valence-electron chi connectivity index (χ1n) is 6.60. The Bertz CT molecular complexity index is 646. The number of aromatic nitrogens is 3. The van der Waals surface area contributed by atoms with Crippen molar-refractivity contribution >= 4 is 11.9 Å². The van der Waals surface area contributed by atoms with Gasteiger partial charge in [-0.15, -0.1) is 0 Å². The molecule has 0 atom stereocenters. The zero-order valence-corrected chi connectivity index (χ0v) is 11.9. The summed E-state index contributed by atoms with van der Waals surface area (Å²) in [6.45, 7) is 5.53. The standard InChI is InChI=1S/C14H16N6O/c1-3-20(4-2)13-17-12(16)18-14(19-13)21-11-7-5-10(9-15)6-8-11/h5-8H,3-4H2,1-2H3,(H2,16,17,18,19). The van der Waals surface area contributed by atoms with Crippen molar-refractivity contribution in [3.05, 3.63) is 29.8 Å². The Labute approximate surface area is 123 Å². The van der Waals surface area contributed by atoms with Crippen molar-refractivity contribution in [2.24, 2.45) is 0 Å². The average Bonchev–Trinajstić information content (AvgIpc) is 2.49. The van der Waals surface area contributed by atoms with E-state index in [1.807, 2.05) is 24.8 Å². The molecule has 0 amide bonds. The SMILES string of the molecule is CCN(CC)c1nc(N)nc(Oc2ccc(C#N)cc2)n1. The molecule has 0 aliphatic heterocycles. The number of ether oxygens (including phenoxy) is 1. The van der Waals surface area contributed by atoms with Crippen LogP contribution in [0.5, 0.6) is 11.8 Å². The van der Waals surface area contributed by atoms with Crippen molar-refractivity contribution in [2.75, 3.05) is 23.7 Å². The van der Waals surface area contributed by atoms with Crippen molar-refractivity contribution in [3.8, 4) is 17.8 Å². The monoisotopic (exact) mass is 284 g/mol. The summed E-state index contributed by atoms with van der Waals surface area (Å²) >= 11 is 0. The highest BCUT2D eigenvalue weighted by Crippen LogP contribution is 2.20. The van der Waals surface area contributed by atoms with E-state index < -0.39 is 0 Å². The van der Waals surface area contributed by atoms with Crippen LogP contribution in [0.3, 0.4) is 0 Å². The lowest BCUT2D eigenvalue weighted by Gasteiger charge is -2.18. The average molecular weight is 284 g/mol. The first-order chi connectivity index (χ1) is 10.2. The normalized spacial score (nSPS) is 9.95. The Morgan fingerprint density at radius 3 is 2.38 bits per heavy atom. The highest BCUT2D eigenvalue weighted by molar-refractivity contribution is 5.38. The van der Waals surface area contributed by atoms with Gasteiger partial charge in [-0.2, -0.15) is 20.2 Å². The van der Waals surface area contributed by atoms with Gasteiger partial charge in [-0.1, -0.05) is 0 Å². The topological polar surface area (TPSA) is 101 Å². The quantitative estimate of drug-likeness (QED) is 0.895. The Morgan fingerprint density at radius 2 is 1.81 bits per heavy atom. The molecule has 0 unspecified atom stereocenters. The van der Waals surface area contributed by atoms with Gasteiger partial charge in [-0.25, -0.2) is 0 Å². The maximum absolute atomic E-state index is 8.76. The maximum Gasteiger partial charge on any atom is 0.328 e. The van der Waals surface area contributed by atoms with E-state index in [9.17, 15) is 0 Å². The third-order valence-electron chi connectivity index (χ3n) is 2.86. The summed E-state index contributed by atoms with van der Waals surface area (Å²) in [6.07, 6.45) is 0. The Hall–Kier alpha value is -2.88. The number of hydrogen-bond acceptors (Lipinski definition) is 7. The lowest BCUT2D eigenvalue weighted by Crippen LogP contribution is -2.25. The third kappa shape index (κ3) is 3.57. The largest absolute Gasteiger partial charge is 0.424 e. The molecule has 0 saturated heterocycles. The zero-order chi connectivity index (χ0) is 15.2. The Morgan fingerprint density at radius 1 is 1.14 bits per heavy atom. The molecule has 0 aliphatic rings. The highest BCUT2D eigenvalue weighted by Gasteiger charge is 2.11. The second-order valence-electron chi connectivity index (χ2n) is 4.19. The van der Waals surface area contributed by atoms with E-state index in [2.05, 4.69) is 15.0 Å². The minimum Gasteiger partial charge on any atom is -0.424 e. The van der Waals surface area contributed by atoms with Crippen molar-refractivity contribution in [1.29, 1.82) is 5.26 Å². The molecule has 0 bridgehead atoms. The minimum absolute atomic E-state index is 0.107. The van der Waals surface area contributed by atoms with Crippen LogP contribution in [-0.4, -0.2) is 28.0 Å². The molecule has 1 heterocycles.